The molecule has 0 radical (unpaired) electrons. The van der Waals surface area contributed by atoms with Gasteiger partial charge in [0, 0.05) is 16.1 Å². The largest absolute Gasteiger partial charge is 0.496 e. The summed E-state index contributed by atoms with van der Waals surface area (Å²) in [4.78, 5) is 0. The van der Waals surface area contributed by atoms with Crippen molar-refractivity contribution in [3.63, 3.8) is 0 Å². The van der Waals surface area contributed by atoms with Crippen molar-refractivity contribution in [3.05, 3.63) is 28.2 Å². The Kier molecular flexibility index (Phi) is 4.90. The van der Waals surface area contributed by atoms with Gasteiger partial charge in [0.2, 0.25) is 0 Å². The van der Waals surface area contributed by atoms with Crippen molar-refractivity contribution in [2.75, 3.05) is 13.7 Å². The summed E-state index contributed by atoms with van der Waals surface area (Å²) in [5.41, 5.74) is 1.26. The Morgan fingerprint density at radius 1 is 1.47 bits per heavy atom. The normalized spacial score (nSPS) is 19.7. The van der Waals surface area contributed by atoms with Gasteiger partial charge in [-0.3, -0.25) is 0 Å². The van der Waals surface area contributed by atoms with E-state index in [4.69, 9.17) is 4.74 Å². The number of hydrogen-bond donors (Lipinski definition) is 1. The zero-order valence-corrected chi connectivity index (χ0v) is 11.0. The minimum Gasteiger partial charge on any atom is -0.496 e. The zero-order chi connectivity index (χ0) is 9.97. The molecule has 1 atom stereocenters. The Labute approximate surface area is 105 Å². The fraction of sp³-hybridized carbons (Fsp3) is 0.455. The summed E-state index contributed by atoms with van der Waals surface area (Å²) in [5, 5.41) is 3.47. The Morgan fingerprint density at radius 2 is 2.27 bits per heavy atom. The lowest BCUT2D eigenvalue weighted by molar-refractivity contribution is 0.403. The maximum atomic E-state index is 5.35. The number of ether oxygens (including phenoxy) is 1. The number of nitrogens with one attached hydrogen (secondary N) is 1. The SMILES string of the molecule is COc1ccc(Br)cc1[C@H]1CCCN1.Cl. The van der Waals surface area contributed by atoms with Gasteiger partial charge in [-0.2, -0.15) is 0 Å². The van der Waals surface area contributed by atoms with Crippen LogP contribution in [0.25, 0.3) is 0 Å². The van der Waals surface area contributed by atoms with Crippen molar-refractivity contribution in [2.24, 2.45) is 0 Å². The molecular weight excluding hydrogens is 277 g/mol. The first-order valence-electron chi connectivity index (χ1n) is 4.88. The molecule has 15 heavy (non-hydrogen) atoms. The van der Waals surface area contributed by atoms with Crippen LogP contribution in [-0.2, 0) is 0 Å². The molecule has 1 heterocycles. The molecule has 1 saturated heterocycles. The van der Waals surface area contributed by atoms with Crippen LogP contribution in [-0.4, -0.2) is 13.7 Å². The van der Waals surface area contributed by atoms with Gasteiger partial charge >= 0.3 is 0 Å². The van der Waals surface area contributed by atoms with Gasteiger partial charge in [-0.1, -0.05) is 15.9 Å². The van der Waals surface area contributed by atoms with Crippen LogP contribution in [0, 0.1) is 0 Å². The maximum Gasteiger partial charge on any atom is 0.123 e. The number of methoxy groups -OCH3 is 1. The predicted octanol–water partition coefficient (Wildman–Crippen LogP) is 3.30. The molecule has 1 fully saturated rings. The third kappa shape index (κ3) is 2.86. The van der Waals surface area contributed by atoms with Crippen molar-refractivity contribution in [3.8, 4) is 5.75 Å². The summed E-state index contributed by atoms with van der Waals surface area (Å²) in [6.45, 7) is 1.11. The molecule has 2 rings (SSSR count). The second kappa shape index (κ2) is 5.73. The average Bonchev–Trinajstić information content (AvgIpc) is 2.70. The van der Waals surface area contributed by atoms with Crippen LogP contribution >= 0.6 is 28.3 Å². The van der Waals surface area contributed by atoms with Gasteiger partial charge < -0.3 is 10.1 Å². The van der Waals surface area contributed by atoms with Gasteiger partial charge in [0.15, 0.2) is 0 Å². The van der Waals surface area contributed by atoms with Crippen LogP contribution in [0.1, 0.15) is 24.4 Å². The lowest BCUT2D eigenvalue weighted by Crippen LogP contribution is -2.13. The summed E-state index contributed by atoms with van der Waals surface area (Å²) in [5.74, 6) is 0.979. The summed E-state index contributed by atoms with van der Waals surface area (Å²) in [7, 11) is 1.72. The highest BCUT2D eigenvalue weighted by molar-refractivity contribution is 9.10. The number of halogens is 2. The number of rotatable bonds is 2. The minimum atomic E-state index is 0. The average molecular weight is 293 g/mol. The quantitative estimate of drug-likeness (QED) is 0.903. The van der Waals surface area contributed by atoms with Crippen LogP contribution in [0.4, 0.5) is 0 Å². The third-order valence-corrected chi connectivity index (χ3v) is 3.12. The molecule has 0 aromatic heterocycles. The molecule has 84 valence electrons. The lowest BCUT2D eigenvalue weighted by Gasteiger charge is -2.15. The van der Waals surface area contributed by atoms with E-state index in [1.54, 1.807) is 7.11 Å². The Hall–Kier alpha value is -0.250. The van der Waals surface area contributed by atoms with Crippen molar-refractivity contribution < 1.29 is 4.74 Å². The molecule has 1 aliphatic rings. The van der Waals surface area contributed by atoms with Gasteiger partial charge in [-0.05, 0) is 37.6 Å². The molecule has 0 unspecified atom stereocenters. The lowest BCUT2D eigenvalue weighted by atomic mass is 10.0. The van der Waals surface area contributed by atoms with Gasteiger partial charge in [0.1, 0.15) is 5.75 Å². The van der Waals surface area contributed by atoms with Crippen molar-refractivity contribution in [1.82, 2.24) is 5.32 Å². The summed E-state index contributed by atoms with van der Waals surface area (Å²) < 4.78 is 6.46. The van der Waals surface area contributed by atoms with Gasteiger partial charge in [0.05, 0.1) is 7.11 Å². The first-order valence-corrected chi connectivity index (χ1v) is 5.67. The molecule has 0 spiro atoms. The van der Waals surface area contributed by atoms with Gasteiger partial charge in [-0.15, -0.1) is 12.4 Å². The van der Waals surface area contributed by atoms with E-state index >= 15 is 0 Å². The molecule has 0 aliphatic carbocycles. The topological polar surface area (TPSA) is 21.3 Å². The highest BCUT2D eigenvalue weighted by atomic mass is 79.9. The van der Waals surface area contributed by atoms with E-state index in [2.05, 4.69) is 27.3 Å². The first kappa shape index (κ1) is 12.8. The molecule has 1 aliphatic heterocycles. The summed E-state index contributed by atoms with van der Waals surface area (Å²) >= 11 is 3.49. The maximum absolute atomic E-state index is 5.35. The van der Waals surface area contributed by atoms with E-state index in [-0.39, 0.29) is 12.4 Å². The molecule has 1 aromatic carbocycles. The summed E-state index contributed by atoms with van der Waals surface area (Å²) in [6.07, 6.45) is 2.45. The standard InChI is InChI=1S/C11H14BrNO.ClH/c1-14-11-5-4-8(12)7-9(11)10-3-2-6-13-10;/h4-5,7,10,13H,2-3,6H2,1H3;1H/t10-;/m1./s1. The van der Waals surface area contributed by atoms with Crippen molar-refractivity contribution >= 4 is 28.3 Å². The Balaban J connectivity index is 0.00000112. The predicted molar refractivity (Wildman–Crippen MR) is 67.9 cm³/mol. The van der Waals surface area contributed by atoms with E-state index in [1.165, 1.54) is 18.4 Å². The van der Waals surface area contributed by atoms with Crippen molar-refractivity contribution in [1.29, 1.82) is 0 Å². The van der Waals surface area contributed by atoms with Crippen LogP contribution in [0.5, 0.6) is 5.75 Å². The molecule has 4 heteroatoms. The van der Waals surface area contributed by atoms with Crippen LogP contribution < -0.4 is 10.1 Å². The number of benzene rings is 1. The van der Waals surface area contributed by atoms with Gasteiger partial charge in [0.25, 0.3) is 0 Å². The molecule has 1 aromatic rings. The van der Waals surface area contributed by atoms with E-state index in [1.807, 2.05) is 12.1 Å². The van der Waals surface area contributed by atoms with E-state index in [0.29, 0.717) is 6.04 Å². The fourth-order valence-electron chi connectivity index (χ4n) is 1.93. The van der Waals surface area contributed by atoms with Crippen LogP contribution in [0.3, 0.4) is 0 Å². The van der Waals surface area contributed by atoms with E-state index in [9.17, 15) is 0 Å². The second-order valence-corrected chi connectivity index (χ2v) is 4.45. The molecule has 0 saturated carbocycles. The molecule has 2 nitrogen and oxygen atoms in total. The second-order valence-electron chi connectivity index (χ2n) is 3.54. The fourth-order valence-corrected chi connectivity index (χ4v) is 2.31. The minimum absolute atomic E-state index is 0. The van der Waals surface area contributed by atoms with Gasteiger partial charge in [-0.25, -0.2) is 0 Å². The third-order valence-electron chi connectivity index (χ3n) is 2.63. The molecule has 1 N–H and O–H groups in total. The summed E-state index contributed by atoms with van der Waals surface area (Å²) in [6, 6.07) is 6.63. The highest BCUT2D eigenvalue weighted by Gasteiger charge is 2.19. The molecule has 0 amide bonds. The number of hydrogen-bond acceptors (Lipinski definition) is 2. The molecular formula is C11H15BrClNO. The zero-order valence-electron chi connectivity index (χ0n) is 8.63. The highest BCUT2D eigenvalue weighted by Crippen LogP contribution is 2.32. The Morgan fingerprint density at radius 3 is 2.87 bits per heavy atom. The van der Waals surface area contributed by atoms with Crippen LogP contribution in [0.2, 0.25) is 0 Å². The van der Waals surface area contributed by atoms with Crippen molar-refractivity contribution in [2.45, 2.75) is 18.9 Å². The van der Waals surface area contributed by atoms with E-state index in [0.717, 1.165) is 16.8 Å². The first-order chi connectivity index (χ1) is 6.81. The van der Waals surface area contributed by atoms with E-state index < -0.39 is 0 Å². The Bertz CT molecular complexity index is 326. The van der Waals surface area contributed by atoms with Crippen LogP contribution in [0.15, 0.2) is 22.7 Å². The molecule has 0 bridgehead atoms. The monoisotopic (exact) mass is 291 g/mol. The smallest absolute Gasteiger partial charge is 0.123 e.